The van der Waals surface area contributed by atoms with Gasteiger partial charge >= 0.3 is 0 Å². The van der Waals surface area contributed by atoms with Gasteiger partial charge in [-0.25, -0.2) is 0 Å². The zero-order valence-corrected chi connectivity index (χ0v) is 10.4. The van der Waals surface area contributed by atoms with Crippen LogP contribution < -0.4 is 5.73 Å². The van der Waals surface area contributed by atoms with Crippen molar-refractivity contribution in [1.29, 1.82) is 5.26 Å². The van der Waals surface area contributed by atoms with Crippen LogP contribution in [0, 0.1) is 11.3 Å². The highest BCUT2D eigenvalue weighted by Gasteiger charge is 2.09. The molecule has 1 aromatic carbocycles. The maximum atomic E-state index is 9.20. The Labute approximate surface area is 109 Å². The molecule has 2 N–H and O–H groups in total. The average Bonchev–Trinajstić information content (AvgIpc) is 2.78. The Balaban J connectivity index is 2.52. The predicted octanol–water partition coefficient (Wildman–Crippen LogP) is 3.75. The molecule has 0 radical (unpaired) electrons. The maximum Gasteiger partial charge on any atom is 0.102 e. The van der Waals surface area contributed by atoms with Crippen LogP contribution in [0.1, 0.15) is 10.4 Å². The van der Waals surface area contributed by atoms with Gasteiger partial charge in [0.05, 0.1) is 20.5 Å². The molecule has 0 saturated carbocycles. The van der Waals surface area contributed by atoms with Gasteiger partial charge in [-0.1, -0.05) is 41.9 Å². The molecule has 0 spiro atoms. The van der Waals surface area contributed by atoms with Crippen molar-refractivity contribution in [3.63, 3.8) is 0 Å². The summed E-state index contributed by atoms with van der Waals surface area (Å²) in [5.41, 5.74) is 7.76. The van der Waals surface area contributed by atoms with E-state index in [1.165, 1.54) is 11.3 Å². The number of thiophene rings is 1. The van der Waals surface area contributed by atoms with Crippen LogP contribution in [0.25, 0.3) is 11.3 Å². The SMILES string of the molecule is N#C/C(=C(/N)c1ccc(Cl)s1)c1ccccc1. The van der Waals surface area contributed by atoms with Crippen molar-refractivity contribution in [2.75, 3.05) is 0 Å². The van der Waals surface area contributed by atoms with Crippen molar-refractivity contribution in [3.8, 4) is 6.07 Å². The molecule has 0 amide bonds. The molecule has 0 fully saturated rings. The van der Waals surface area contributed by atoms with Gasteiger partial charge in [0.25, 0.3) is 0 Å². The maximum absolute atomic E-state index is 9.20. The van der Waals surface area contributed by atoms with Gasteiger partial charge in [-0.3, -0.25) is 0 Å². The van der Waals surface area contributed by atoms with Gasteiger partial charge in [-0.15, -0.1) is 11.3 Å². The Bertz CT molecular complexity index is 593. The third kappa shape index (κ3) is 2.50. The van der Waals surface area contributed by atoms with Crippen molar-refractivity contribution in [3.05, 3.63) is 57.2 Å². The Morgan fingerprint density at radius 2 is 1.88 bits per heavy atom. The van der Waals surface area contributed by atoms with Gasteiger partial charge in [0, 0.05) is 0 Å². The summed E-state index contributed by atoms with van der Waals surface area (Å²) < 4.78 is 0.660. The third-order valence-electron chi connectivity index (χ3n) is 2.28. The minimum Gasteiger partial charge on any atom is -0.396 e. The zero-order valence-electron chi connectivity index (χ0n) is 8.85. The fourth-order valence-electron chi connectivity index (χ4n) is 1.47. The first kappa shape index (κ1) is 11.7. The van der Waals surface area contributed by atoms with Gasteiger partial charge in [0.2, 0.25) is 0 Å². The van der Waals surface area contributed by atoms with E-state index in [1.54, 1.807) is 6.07 Å². The van der Waals surface area contributed by atoms with E-state index in [-0.39, 0.29) is 0 Å². The number of hydrogen-bond donors (Lipinski definition) is 1. The first-order valence-electron chi connectivity index (χ1n) is 4.93. The van der Waals surface area contributed by atoms with E-state index in [0.717, 1.165) is 10.4 Å². The number of halogens is 1. The van der Waals surface area contributed by atoms with Crippen LogP contribution in [-0.4, -0.2) is 0 Å². The predicted molar refractivity (Wildman–Crippen MR) is 72.4 cm³/mol. The quantitative estimate of drug-likeness (QED) is 0.836. The lowest BCUT2D eigenvalue weighted by Gasteiger charge is -2.03. The molecule has 2 rings (SSSR count). The highest BCUT2D eigenvalue weighted by atomic mass is 35.5. The summed E-state index contributed by atoms with van der Waals surface area (Å²) in [5, 5.41) is 9.20. The summed E-state index contributed by atoms with van der Waals surface area (Å²) in [6, 6.07) is 15.1. The third-order valence-corrected chi connectivity index (χ3v) is 3.55. The number of nitrogens with two attached hydrogens (primary N) is 1. The molecular formula is C13H9ClN2S. The summed E-state index contributed by atoms with van der Waals surface area (Å²) in [6.07, 6.45) is 0. The number of allylic oxidation sites excluding steroid dienone is 1. The van der Waals surface area contributed by atoms with Gasteiger partial charge in [-0.05, 0) is 17.7 Å². The first-order valence-corrected chi connectivity index (χ1v) is 6.13. The molecule has 84 valence electrons. The van der Waals surface area contributed by atoms with E-state index in [1.807, 2.05) is 36.4 Å². The summed E-state index contributed by atoms with van der Waals surface area (Å²) >= 11 is 7.22. The highest BCUT2D eigenvalue weighted by molar-refractivity contribution is 7.17. The van der Waals surface area contributed by atoms with Crippen LogP contribution in [-0.2, 0) is 0 Å². The Kier molecular flexibility index (Phi) is 3.48. The summed E-state index contributed by atoms with van der Waals surface area (Å²) in [5.74, 6) is 0. The summed E-state index contributed by atoms with van der Waals surface area (Å²) in [7, 11) is 0. The molecule has 1 heterocycles. The molecule has 0 saturated heterocycles. The van der Waals surface area contributed by atoms with Crippen LogP contribution in [0.4, 0.5) is 0 Å². The second-order valence-corrected chi connectivity index (χ2v) is 5.09. The molecule has 1 aromatic heterocycles. The van der Waals surface area contributed by atoms with Crippen molar-refractivity contribution >= 4 is 34.2 Å². The highest BCUT2D eigenvalue weighted by Crippen LogP contribution is 2.29. The Morgan fingerprint density at radius 3 is 2.41 bits per heavy atom. The molecule has 4 heteroatoms. The molecule has 0 aliphatic carbocycles. The Hall–Kier alpha value is -1.76. The fourth-order valence-corrected chi connectivity index (χ4v) is 2.47. The lowest BCUT2D eigenvalue weighted by molar-refractivity contribution is 1.50. The van der Waals surface area contributed by atoms with Crippen molar-refractivity contribution in [2.45, 2.75) is 0 Å². The standard InChI is InChI=1S/C13H9ClN2S/c14-12-7-6-11(17-12)13(16)10(8-15)9-4-2-1-3-5-9/h1-7H,16H2/b13-10-. The number of rotatable bonds is 2. The molecule has 0 atom stereocenters. The van der Waals surface area contributed by atoms with E-state index in [0.29, 0.717) is 15.6 Å². The van der Waals surface area contributed by atoms with Gasteiger partial charge < -0.3 is 5.73 Å². The van der Waals surface area contributed by atoms with Crippen LogP contribution in [0.3, 0.4) is 0 Å². The summed E-state index contributed by atoms with van der Waals surface area (Å²) in [4.78, 5) is 0.815. The minimum atomic E-state index is 0.468. The molecule has 17 heavy (non-hydrogen) atoms. The molecule has 0 aliphatic heterocycles. The second kappa shape index (κ2) is 5.05. The average molecular weight is 261 g/mol. The molecular weight excluding hydrogens is 252 g/mol. The van der Waals surface area contributed by atoms with Crippen LogP contribution in [0.5, 0.6) is 0 Å². The summed E-state index contributed by atoms with van der Waals surface area (Å²) in [6.45, 7) is 0. The van der Waals surface area contributed by atoms with Gasteiger partial charge in [0.15, 0.2) is 0 Å². The second-order valence-electron chi connectivity index (χ2n) is 3.37. The van der Waals surface area contributed by atoms with Crippen molar-refractivity contribution < 1.29 is 0 Å². The largest absolute Gasteiger partial charge is 0.396 e. The van der Waals surface area contributed by atoms with E-state index in [4.69, 9.17) is 17.3 Å². The van der Waals surface area contributed by atoms with Crippen molar-refractivity contribution in [2.24, 2.45) is 5.73 Å². The smallest absolute Gasteiger partial charge is 0.102 e. The minimum absolute atomic E-state index is 0.468. The van der Waals surface area contributed by atoms with Crippen LogP contribution >= 0.6 is 22.9 Å². The van der Waals surface area contributed by atoms with E-state index in [2.05, 4.69) is 6.07 Å². The van der Waals surface area contributed by atoms with Crippen LogP contribution in [0.2, 0.25) is 4.34 Å². The van der Waals surface area contributed by atoms with E-state index < -0.39 is 0 Å². The number of benzene rings is 1. The number of nitriles is 1. The van der Waals surface area contributed by atoms with Crippen molar-refractivity contribution in [1.82, 2.24) is 0 Å². The molecule has 2 nitrogen and oxygen atoms in total. The van der Waals surface area contributed by atoms with E-state index in [9.17, 15) is 5.26 Å². The first-order chi connectivity index (χ1) is 8.22. The lowest BCUT2D eigenvalue weighted by atomic mass is 10.0. The Morgan fingerprint density at radius 1 is 1.18 bits per heavy atom. The molecule has 0 bridgehead atoms. The fraction of sp³-hybridized carbons (Fsp3) is 0. The number of nitrogens with zero attached hydrogens (tertiary/aromatic N) is 1. The number of hydrogen-bond acceptors (Lipinski definition) is 3. The molecule has 0 aliphatic rings. The molecule has 0 unspecified atom stereocenters. The topological polar surface area (TPSA) is 49.8 Å². The molecule has 2 aromatic rings. The van der Waals surface area contributed by atoms with Gasteiger partial charge in [-0.2, -0.15) is 5.26 Å². The van der Waals surface area contributed by atoms with E-state index >= 15 is 0 Å². The normalized spacial score (nSPS) is 11.8. The van der Waals surface area contributed by atoms with Crippen LogP contribution in [0.15, 0.2) is 42.5 Å². The van der Waals surface area contributed by atoms with Gasteiger partial charge in [0.1, 0.15) is 6.07 Å². The monoisotopic (exact) mass is 260 g/mol. The zero-order chi connectivity index (χ0) is 12.3. The lowest BCUT2D eigenvalue weighted by Crippen LogP contribution is -1.98.